The molecule has 34 heavy (non-hydrogen) atoms. The first-order valence-corrected chi connectivity index (χ1v) is 10.5. The molecule has 2 aromatic carbocycles. The van der Waals surface area contributed by atoms with Crippen LogP contribution in [0, 0.1) is 0 Å². The van der Waals surface area contributed by atoms with Crippen molar-refractivity contribution >= 4 is 17.5 Å². The monoisotopic (exact) mass is 481 g/mol. The zero-order valence-electron chi connectivity index (χ0n) is 19.1. The predicted molar refractivity (Wildman–Crippen MR) is 119 cm³/mol. The Morgan fingerprint density at radius 1 is 0.941 bits per heavy atom. The Morgan fingerprint density at radius 2 is 1.53 bits per heavy atom. The highest BCUT2D eigenvalue weighted by molar-refractivity contribution is 5.96. The number of nitrogens with zero attached hydrogens (tertiary/aromatic N) is 2. The smallest absolute Gasteiger partial charge is 0.418 e. The van der Waals surface area contributed by atoms with Gasteiger partial charge in [0.15, 0.2) is 11.5 Å². The highest BCUT2D eigenvalue weighted by Crippen LogP contribution is 2.38. The number of alkyl halides is 3. The SMILES string of the molecule is COc1cc(C(=O)N2CCN(CC(=O)Nc3ccccc3C(F)(F)F)CC2)cc(OC)c1OC. The molecule has 2 aromatic rings. The van der Waals surface area contributed by atoms with Crippen LogP contribution in [0.2, 0.25) is 0 Å². The van der Waals surface area contributed by atoms with Crippen molar-refractivity contribution in [1.82, 2.24) is 9.80 Å². The van der Waals surface area contributed by atoms with Gasteiger partial charge in [-0.3, -0.25) is 14.5 Å². The fraction of sp³-hybridized carbons (Fsp3) is 0.391. The normalized spacial score (nSPS) is 14.5. The first-order chi connectivity index (χ1) is 16.2. The highest BCUT2D eigenvalue weighted by atomic mass is 19.4. The lowest BCUT2D eigenvalue weighted by molar-refractivity contribution is -0.137. The topological polar surface area (TPSA) is 80.3 Å². The minimum atomic E-state index is -4.57. The Morgan fingerprint density at radius 3 is 2.06 bits per heavy atom. The number of carbonyl (C=O) groups is 2. The van der Waals surface area contributed by atoms with Gasteiger partial charge < -0.3 is 24.4 Å². The molecule has 0 saturated carbocycles. The third kappa shape index (κ3) is 5.71. The number of nitrogens with one attached hydrogen (secondary N) is 1. The van der Waals surface area contributed by atoms with Crippen molar-refractivity contribution in [3.63, 3.8) is 0 Å². The summed E-state index contributed by atoms with van der Waals surface area (Å²) in [5.41, 5.74) is -0.815. The quantitative estimate of drug-likeness (QED) is 0.655. The lowest BCUT2D eigenvalue weighted by Crippen LogP contribution is -2.50. The van der Waals surface area contributed by atoms with Crippen molar-refractivity contribution in [3.8, 4) is 17.2 Å². The molecule has 1 aliphatic rings. The molecule has 3 rings (SSSR count). The Kier molecular flexibility index (Phi) is 7.87. The number of benzene rings is 2. The number of hydrogen-bond acceptors (Lipinski definition) is 6. The summed E-state index contributed by atoms with van der Waals surface area (Å²) in [6.45, 7) is 1.40. The lowest BCUT2D eigenvalue weighted by Gasteiger charge is -2.34. The number of rotatable bonds is 7. The summed E-state index contributed by atoms with van der Waals surface area (Å²) < 4.78 is 55.3. The maximum atomic E-state index is 13.1. The van der Waals surface area contributed by atoms with E-state index in [2.05, 4.69) is 5.32 Å². The van der Waals surface area contributed by atoms with Gasteiger partial charge in [-0.15, -0.1) is 0 Å². The van der Waals surface area contributed by atoms with Crippen LogP contribution < -0.4 is 19.5 Å². The third-order valence-corrected chi connectivity index (χ3v) is 5.44. The number of halogens is 3. The highest BCUT2D eigenvalue weighted by Gasteiger charge is 2.34. The average Bonchev–Trinajstić information content (AvgIpc) is 2.82. The van der Waals surface area contributed by atoms with Crippen LogP contribution in [0.1, 0.15) is 15.9 Å². The van der Waals surface area contributed by atoms with E-state index in [1.807, 2.05) is 0 Å². The van der Waals surface area contributed by atoms with E-state index >= 15 is 0 Å². The summed E-state index contributed by atoms with van der Waals surface area (Å²) in [6.07, 6.45) is -4.57. The zero-order chi connectivity index (χ0) is 24.9. The van der Waals surface area contributed by atoms with E-state index in [1.54, 1.807) is 21.9 Å². The van der Waals surface area contributed by atoms with Crippen molar-refractivity contribution in [2.24, 2.45) is 0 Å². The second-order valence-corrected chi connectivity index (χ2v) is 7.57. The van der Waals surface area contributed by atoms with Crippen LogP contribution in [-0.2, 0) is 11.0 Å². The molecule has 1 saturated heterocycles. The van der Waals surface area contributed by atoms with Crippen LogP contribution in [0.25, 0.3) is 0 Å². The summed E-state index contributed by atoms with van der Waals surface area (Å²) in [4.78, 5) is 28.8. The molecule has 11 heteroatoms. The van der Waals surface area contributed by atoms with Crippen molar-refractivity contribution < 1.29 is 37.0 Å². The van der Waals surface area contributed by atoms with E-state index in [0.29, 0.717) is 49.0 Å². The number of anilines is 1. The summed E-state index contributed by atoms with van der Waals surface area (Å²) in [5, 5.41) is 2.34. The first kappa shape index (κ1) is 25.2. The van der Waals surface area contributed by atoms with Crippen molar-refractivity contribution in [2.45, 2.75) is 6.18 Å². The molecular formula is C23H26F3N3O5. The lowest BCUT2D eigenvalue weighted by atomic mass is 10.1. The molecule has 184 valence electrons. The second kappa shape index (κ2) is 10.6. The van der Waals surface area contributed by atoms with Crippen molar-refractivity contribution in [3.05, 3.63) is 47.5 Å². The van der Waals surface area contributed by atoms with Gasteiger partial charge in [-0.1, -0.05) is 12.1 Å². The van der Waals surface area contributed by atoms with Gasteiger partial charge in [0.1, 0.15) is 0 Å². The van der Waals surface area contributed by atoms with Gasteiger partial charge in [0.25, 0.3) is 5.91 Å². The molecule has 1 aliphatic heterocycles. The summed E-state index contributed by atoms with van der Waals surface area (Å²) in [6, 6.07) is 7.97. The third-order valence-electron chi connectivity index (χ3n) is 5.44. The van der Waals surface area contributed by atoms with Crippen molar-refractivity contribution in [2.75, 3.05) is 59.4 Å². The van der Waals surface area contributed by atoms with E-state index in [1.165, 1.54) is 39.5 Å². The van der Waals surface area contributed by atoms with Gasteiger partial charge in [0.2, 0.25) is 11.7 Å². The fourth-order valence-corrected chi connectivity index (χ4v) is 3.73. The van der Waals surface area contributed by atoms with Crippen LogP contribution in [0.4, 0.5) is 18.9 Å². The van der Waals surface area contributed by atoms with E-state index in [9.17, 15) is 22.8 Å². The van der Waals surface area contributed by atoms with Crippen LogP contribution in [-0.4, -0.2) is 75.7 Å². The molecule has 0 atom stereocenters. The number of hydrogen-bond donors (Lipinski definition) is 1. The largest absolute Gasteiger partial charge is 0.493 e. The minimum absolute atomic E-state index is 0.0849. The van der Waals surface area contributed by atoms with E-state index in [0.717, 1.165) is 6.07 Å². The fourth-order valence-electron chi connectivity index (χ4n) is 3.73. The molecule has 0 bridgehead atoms. The molecule has 1 heterocycles. The van der Waals surface area contributed by atoms with Crippen LogP contribution in [0.5, 0.6) is 17.2 Å². The molecule has 2 amide bonds. The molecule has 8 nitrogen and oxygen atoms in total. The Labute approximate surface area is 195 Å². The van der Waals surface area contributed by atoms with E-state index in [4.69, 9.17) is 14.2 Å². The average molecular weight is 481 g/mol. The Bertz CT molecular complexity index is 1010. The van der Waals surface area contributed by atoms with Crippen LogP contribution in [0.15, 0.2) is 36.4 Å². The molecule has 0 radical (unpaired) electrons. The maximum absolute atomic E-state index is 13.1. The number of para-hydroxylation sites is 1. The standard InChI is InChI=1S/C23H26F3N3O5/c1-32-18-12-15(13-19(33-2)21(18)34-3)22(31)29-10-8-28(9-11-29)14-20(30)27-17-7-5-4-6-16(17)23(24,25)26/h4-7,12-13H,8-11,14H2,1-3H3,(H,27,30). The molecule has 0 unspecified atom stereocenters. The van der Waals surface area contributed by atoms with Gasteiger partial charge in [0, 0.05) is 31.7 Å². The number of piperazine rings is 1. The maximum Gasteiger partial charge on any atom is 0.418 e. The molecule has 0 aromatic heterocycles. The van der Waals surface area contributed by atoms with Gasteiger partial charge in [-0.25, -0.2) is 0 Å². The number of carbonyl (C=O) groups excluding carboxylic acids is 2. The number of methoxy groups -OCH3 is 3. The van der Waals surface area contributed by atoms with Crippen LogP contribution in [0.3, 0.4) is 0 Å². The molecule has 1 fully saturated rings. The molecular weight excluding hydrogens is 455 g/mol. The van der Waals surface area contributed by atoms with Gasteiger partial charge >= 0.3 is 6.18 Å². The summed E-state index contributed by atoms with van der Waals surface area (Å²) >= 11 is 0. The van der Waals surface area contributed by atoms with Crippen LogP contribution >= 0.6 is 0 Å². The summed E-state index contributed by atoms with van der Waals surface area (Å²) in [5.74, 6) is 0.312. The second-order valence-electron chi connectivity index (χ2n) is 7.57. The molecule has 0 spiro atoms. The van der Waals surface area contributed by atoms with Gasteiger partial charge in [-0.05, 0) is 24.3 Å². The first-order valence-electron chi connectivity index (χ1n) is 10.5. The Balaban J connectivity index is 1.60. The number of ether oxygens (including phenoxy) is 3. The number of amides is 2. The van der Waals surface area contributed by atoms with Gasteiger partial charge in [-0.2, -0.15) is 13.2 Å². The van der Waals surface area contributed by atoms with Crippen molar-refractivity contribution in [1.29, 1.82) is 0 Å². The predicted octanol–water partition coefficient (Wildman–Crippen LogP) is 3.13. The molecule has 1 N–H and O–H groups in total. The Hall–Kier alpha value is -3.47. The molecule has 0 aliphatic carbocycles. The van der Waals surface area contributed by atoms with E-state index < -0.39 is 17.6 Å². The minimum Gasteiger partial charge on any atom is -0.493 e. The summed E-state index contributed by atoms with van der Waals surface area (Å²) in [7, 11) is 4.39. The zero-order valence-corrected chi connectivity index (χ0v) is 19.1. The van der Waals surface area contributed by atoms with E-state index in [-0.39, 0.29) is 18.1 Å². The van der Waals surface area contributed by atoms with Gasteiger partial charge in [0.05, 0.1) is 39.1 Å².